The number of rotatable bonds is 2. The molecule has 0 saturated heterocycles. The molecule has 5 rings (SSSR count). The first-order valence-electron chi connectivity index (χ1n) is 10.8. The highest BCUT2D eigenvalue weighted by atomic mass is 16.4. The Morgan fingerprint density at radius 3 is 2.17 bits per heavy atom. The molecule has 1 heterocycles. The van der Waals surface area contributed by atoms with Crippen LogP contribution >= 0.6 is 0 Å². The molecule has 3 nitrogen and oxygen atoms in total. The summed E-state index contributed by atoms with van der Waals surface area (Å²) in [5, 5.41) is 9.17. The summed E-state index contributed by atoms with van der Waals surface area (Å²) >= 11 is 0. The van der Waals surface area contributed by atoms with Crippen LogP contribution in [0.3, 0.4) is 0 Å². The minimum atomic E-state index is -0.903. The van der Waals surface area contributed by atoms with Gasteiger partial charge in [0.25, 0.3) is 0 Å². The normalized spacial score (nSPS) is 18.3. The molecule has 0 saturated carbocycles. The molecule has 3 aromatic rings. The van der Waals surface area contributed by atoms with Gasteiger partial charge in [-0.05, 0) is 77.0 Å². The molecule has 2 aliphatic rings. The van der Waals surface area contributed by atoms with Crippen molar-refractivity contribution in [2.45, 2.75) is 64.2 Å². The zero-order valence-electron chi connectivity index (χ0n) is 18.1. The van der Waals surface area contributed by atoms with Crippen molar-refractivity contribution >= 4 is 5.97 Å². The van der Waals surface area contributed by atoms with E-state index in [-0.39, 0.29) is 10.8 Å². The van der Waals surface area contributed by atoms with Crippen LogP contribution in [-0.4, -0.2) is 11.1 Å². The number of carboxylic acid groups (broad SMARTS) is 1. The molecule has 30 heavy (non-hydrogen) atoms. The second-order valence-corrected chi connectivity index (χ2v) is 10.2. The molecule has 3 heteroatoms. The molecular weight excluding hydrogens is 372 g/mol. The predicted octanol–water partition coefficient (Wildman–Crippen LogP) is 6.76. The predicted molar refractivity (Wildman–Crippen MR) is 119 cm³/mol. The molecule has 0 atom stereocenters. The third-order valence-corrected chi connectivity index (χ3v) is 7.30. The van der Waals surface area contributed by atoms with Gasteiger partial charge in [0.2, 0.25) is 0 Å². The Morgan fingerprint density at radius 1 is 0.900 bits per heavy atom. The fraction of sp³-hybridized carbons (Fsp3) is 0.370. The first-order valence-corrected chi connectivity index (χ1v) is 10.8. The highest BCUT2D eigenvalue weighted by molar-refractivity contribution is 5.88. The average molecular weight is 401 g/mol. The molecule has 1 aromatic heterocycles. The molecule has 0 radical (unpaired) electrons. The minimum Gasteiger partial charge on any atom is -0.478 e. The highest BCUT2D eigenvalue weighted by Crippen LogP contribution is 2.50. The third kappa shape index (κ3) is 2.83. The van der Waals surface area contributed by atoms with Crippen LogP contribution in [0.25, 0.3) is 22.5 Å². The summed E-state index contributed by atoms with van der Waals surface area (Å²) < 4.78 is 6.14. The summed E-state index contributed by atoms with van der Waals surface area (Å²) in [5.74, 6) is 0.0792. The van der Waals surface area contributed by atoms with E-state index in [0.717, 1.165) is 29.7 Å². The second kappa shape index (κ2) is 6.34. The van der Waals surface area contributed by atoms with Gasteiger partial charge >= 0.3 is 5.97 Å². The lowest BCUT2D eigenvalue weighted by Crippen LogP contribution is -2.34. The number of carbonyl (C=O) groups is 1. The van der Waals surface area contributed by atoms with Gasteiger partial charge in [-0.25, -0.2) is 4.79 Å². The Morgan fingerprint density at radius 2 is 1.53 bits per heavy atom. The van der Waals surface area contributed by atoms with Crippen LogP contribution in [0.5, 0.6) is 0 Å². The molecule has 1 N–H and O–H groups in total. The second-order valence-electron chi connectivity index (χ2n) is 10.2. The minimum absolute atomic E-state index is 0.166. The number of aromatic carboxylic acids is 1. The number of furan rings is 1. The van der Waals surface area contributed by atoms with E-state index in [9.17, 15) is 4.79 Å². The van der Waals surface area contributed by atoms with Gasteiger partial charge in [0.15, 0.2) is 0 Å². The van der Waals surface area contributed by atoms with E-state index in [1.165, 1.54) is 40.7 Å². The Balaban J connectivity index is 1.63. The Labute approximate surface area is 177 Å². The quantitative estimate of drug-likeness (QED) is 0.517. The number of hydrogen-bond acceptors (Lipinski definition) is 2. The number of aryl methyl sites for hydroxylation is 1. The summed E-state index contributed by atoms with van der Waals surface area (Å²) in [6.07, 6.45) is 6.19. The van der Waals surface area contributed by atoms with E-state index in [4.69, 9.17) is 9.52 Å². The van der Waals surface area contributed by atoms with Crippen molar-refractivity contribution < 1.29 is 14.3 Å². The molecule has 0 aliphatic heterocycles. The van der Waals surface area contributed by atoms with Crippen molar-refractivity contribution in [1.82, 2.24) is 0 Å². The SMILES string of the molecule is CC1(C)CCC(C)(C)c2cc3c(cc21)CCc1c(-c2ccc(C(=O)O)cc2)coc1-3. The first kappa shape index (κ1) is 19.2. The Kier molecular flexibility index (Phi) is 4.05. The number of benzene rings is 2. The summed E-state index contributed by atoms with van der Waals surface area (Å²) in [5.41, 5.74) is 9.56. The van der Waals surface area contributed by atoms with Gasteiger partial charge in [-0.2, -0.15) is 0 Å². The molecule has 2 aromatic carbocycles. The largest absolute Gasteiger partial charge is 0.478 e. The van der Waals surface area contributed by atoms with Crippen LogP contribution in [-0.2, 0) is 23.7 Å². The maximum atomic E-state index is 11.2. The average Bonchev–Trinajstić information content (AvgIpc) is 3.15. The molecule has 0 unspecified atom stereocenters. The summed E-state index contributed by atoms with van der Waals surface area (Å²) in [6, 6.07) is 11.9. The lowest BCUT2D eigenvalue weighted by Gasteiger charge is -2.42. The van der Waals surface area contributed by atoms with Gasteiger partial charge in [0.05, 0.1) is 11.8 Å². The maximum Gasteiger partial charge on any atom is 0.335 e. The Hall–Kier alpha value is -2.81. The van der Waals surface area contributed by atoms with Crippen molar-refractivity contribution in [3.8, 4) is 22.5 Å². The van der Waals surface area contributed by atoms with E-state index in [0.29, 0.717) is 5.56 Å². The molecule has 0 fully saturated rings. The van der Waals surface area contributed by atoms with Crippen LogP contribution < -0.4 is 0 Å². The lowest BCUT2D eigenvalue weighted by atomic mass is 9.62. The number of carboxylic acids is 1. The van der Waals surface area contributed by atoms with Crippen LogP contribution in [0.4, 0.5) is 0 Å². The number of fused-ring (bicyclic) bond motifs is 4. The molecule has 0 amide bonds. The van der Waals surface area contributed by atoms with Crippen molar-refractivity contribution in [1.29, 1.82) is 0 Å². The lowest BCUT2D eigenvalue weighted by molar-refractivity contribution is 0.0697. The highest BCUT2D eigenvalue weighted by Gasteiger charge is 2.38. The van der Waals surface area contributed by atoms with Gasteiger partial charge < -0.3 is 9.52 Å². The van der Waals surface area contributed by atoms with E-state index >= 15 is 0 Å². The van der Waals surface area contributed by atoms with Crippen molar-refractivity contribution in [2.75, 3.05) is 0 Å². The van der Waals surface area contributed by atoms with E-state index in [2.05, 4.69) is 39.8 Å². The number of hydrogen-bond donors (Lipinski definition) is 1. The van der Waals surface area contributed by atoms with Crippen LogP contribution in [0, 0.1) is 0 Å². The van der Waals surface area contributed by atoms with Gasteiger partial charge in [-0.1, -0.05) is 45.9 Å². The summed E-state index contributed by atoms with van der Waals surface area (Å²) in [6.45, 7) is 9.45. The topological polar surface area (TPSA) is 50.4 Å². The molecular formula is C27H28O3. The van der Waals surface area contributed by atoms with Gasteiger partial charge in [0, 0.05) is 16.7 Å². The first-order chi connectivity index (χ1) is 14.2. The van der Waals surface area contributed by atoms with Crippen LogP contribution in [0.2, 0.25) is 0 Å². The standard InChI is InChI=1S/C27H28O3/c1-26(2)11-12-27(3,4)23-14-20-18(13-22(23)26)9-10-19-21(15-30-24(19)20)16-5-7-17(8-6-16)25(28)29/h5-8,13-15H,9-12H2,1-4H3,(H,28,29). The van der Waals surface area contributed by atoms with Crippen molar-refractivity contribution in [3.05, 3.63) is 70.5 Å². The zero-order chi connectivity index (χ0) is 21.3. The van der Waals surface area contributed by atoms with E-state index in [1.807, 2.05) is 18.4 Å². The van der Waals surface area contributed by atoms with E-state index < -0.39 is 5.97 Å². The monoisotopic (exact) mass is 400 g/mol. The summed E-state index contributed by atoms with van der Waals surface area (Å²) in [7, 11) is 0. The van der Waals surface area contributed by atoms with Crippen LogP contribution in [0.15, 0.2) is 47.1 Å². The molecule has 0 bridgehead atoms. The fourth-order valence-corrected chi connectivity index (χ4v) is 5.23. The van der Waals surface area contributed by atoms with Crippen LogP contribution in [0.1, 0.15) is 73.1 Å². The summed E-state index contributed by atoms with van der Waals surface area (Å²) in [4.78, 5) is 11.2. The van der Waals surface area contributed by atoms with Gasteiger partial charge in [-0.15, -0.1) is 0 Å². The molecule has 0 spiro atoms. The van der Waals surface area contributed by atoms with Gasteiger partial charge in [-0.3, -0.25) is 0 Å². The van der Waals surface area contributed by atoms with Crippen molar-refractivity contribution in [2.24, 2.45) is 0 Å². The fourth-order valence-electron chi connectivity index (χ4n) is 5.23. The smallest absolute Gasteiger partial charge is 0.335 e. The zero-order valence-corrected chi connectivity index (χ0v) is 18.1. The molecule has 154 valence electrons. The van der Waals surface area contributed by atoms with E-state index in [1.54, 1.807) is 12.1 Å². The maximum absolute atomic E-state index is 11.2. The Bertz CT molecular complexity index is 1160. The van der Waals surface area contributed by atoms with Crippen molar-refractivity contribution in [3.63, 3.8) is 0 Å². The molecule has 2 aliphatic carbocycles. The van der Waals surface area contributed by atoms with Gasteiger partial charge in [0.1, 0.15) is 5.76 Å². The third-order valence-electron chi connectivity index (χ3n) is 7.30.